The van der Waals surface area contributed by atoms with Crippen LogP contribution in [0, 0.1) is 0 Å². The number of nitrogen functional groups attached to an aromatic ring is 1. The summed E-state index contributed by atoms with van der Waals surface area (Å²) >= 11 is 0. The third kappa shape index (κ3) is 1.89. The molecular weight excluding hydrogens is 264 g/mol. The van der Waals surface area contributed by atoms with E-state index >= 15 is 0 Å². The van der Waals surface area contributed by atoms with Crippen LogP contribution in [-0.2, 0) is 5.41 Å². The van der Waals surface area contributed by atoms with E-state index in [1.807, 2.05) is 18.2 Å². The van der Waals surface area contributed by atoms with Crippen LogP contribution in [0.15, 0.2) is 53.2 Å². The highest BCUT2D eigenvalue weighted by Gasteiger charge is 2.50. The minimum absolute atomic E-state index is 0.105. The lowest BCUT2D eigenvalue weighted by atomic mass is 9.95. The molecule has 5 heteroatoms. The molecule has 21 heavy (non-hydrogen) atoms. The summed E-state index contributed by atoms with van der Waals surface area (Å²) in [5.41, 5.74) is 8.11. The van der Waals surface area contributed by atoms with Crippen LogP contribution in [0.3, 0.4) is 0 Å². The molecular formula is C16H14N4O. The molecule has 0 unspecified atom stereocenters. The number of benzene rings is 1. The van der Waals surface area contributed by atoms with Gasteiger partial charge in [-0.05, 0) is 30.5 Å². The molecule has 1 fully saturated rings. The second-order valence-electron chi connectivity index (χ2n) is 5.31. The van der Waals surface area contributed by atoms with Gasteiger partial charge in [0, 0.05) is 6.20 Å². The summed E-state index contributed by atoms with van der Waals surface area (Å²) in [5, 5.41) is 4.16. The summed E-state index contributed by atoms with van der Waals surface area (Å²) in [4.78, 5) is 8.75. The van der Waals surface area contributed by atoms with E-state index in [1.54, 1.807) is 18.3 Å². The summed E-state index contributed by atoms with van der Waals surface area (Å²) in [5.74, 6) is 1.10. The zero-order valence-electron chi connectivity index (χ0n) is 11.4. The van der Waals surface area contributed by atoms with Crippen molar-refractivity contribution >= 4 is 5.69 Å². The van der Waals surface area contributed by atoms with E-state index in [2.05, 4.69) is 27.3 Å². The molecule has 4 rings (SSSR count). The van der Waals surface area contributed by atoms with Crippen LogP contribution >= 0.6 is 0 Å². The largest absolute Gasteiger partial charge is 0.397 e. The first-order valence-electron chi connectivity index (χ1n) is 6.90. The van der Waals surface area contributed by atoms with Gasteiger partial charge in [-0.15, -0.1) is 0 Å². The Morgan fingerprint density at radius 2 is 1.86 bits per heavy atom. The first-order chi connectivity index (χ1) is 10.3. The monoisotopic (exact) mass is 278 g/mol. The summed E-state index contributed by atoms with van der Waals surface area (Å²) in [7, 11) is 0. The lowest BCUT2D eigenvalue weighted by Crippen LogP contribution is -2.10. The number of anilines is 1. The van der Waals surface area contributed by atoms with Gasteiger partial charge >= 0.3 is 0 Å². The molecule has 0 amide bonds. The second kappa shape index (κ2) is 4.41. The fourth-order valence-electron chi connectivity index (χ4n) is 2.63. The van der Waals surface area contributed by atoms with Gasteiger partial charge in [0.2, 0.25) is 0 Å². The molecule has 1 aliphatic carbocycles. The van der Waals surface area contributed by atoms with Crippen LogP contribution in [0.2, 0.25) is 0 Å². The number of rotatable bonds is 3. The minimum atomic E-state index is -0.105. The Hall–Kier alpha value is -2.69. The quantitative estimate of drug-likeness (QED) is 0.797. The molecule has 5 nitrogen and oxygen atoms in total. The zero-order chi connectivity index (χ0) is 14.3. The van der Waals surface area contributed by atoms with Crippen molar-refractivity contribution in [2.45, 2.75) is 18.3 Å². The molecule has 0 radical (unpaired) electrons. The fourth-order valence-corrected chi connectivity index (χ4v) is 2.63. The Kier molecular flexibility index (Phi) is 2.54. The molecule has 2 aromatic heterocycles. The maximum atomic E-state index is 5.91. The number of nitrogens with two attached hydrogens (primary N) is 1. The molecule has 0 atom stereocenters. The van der Waals surface area contributed by atoms with E-state index in [-0.39, 0.29) is 5.41 Å². The second-order valence-corrected chi connectivity index (χ2v) is 5.31. The standard InChI is InChI=1S/C16H14N4O/c17-12-7-4-10-18-13(12)14-19-15(20-21-14)16(8-9-16)11-5-2-1-3-6-11/h1-7,10H,8-9,17H2. The smallest absolute Gasteiger partial charge is 0.278 e. The Morgan fingerprint density at radius 3 is 2.57 bits per heavy atom. The highest BCUT2D eigenvalue weighted by Crippen LogP contribution is 2.52. The number of aromatic nitrogens is 3. The van der Waals surface area contributed by atoms with Crippen LogP contribution in [0.1, 0.15) is 24.2 Å². The summed E-state index contributed by atoms with van der Waals surface area (Å²) in [6.45, 7) is 0. The summed E-state index contributed by atoms with van der Waals surface area (Å²) < 4.78 is 5.38. The molecule has 0 spiro atoms. The van der Waals surface area contributed by atoms with Crippen molar-refractivity contribution in [1.29, 1.82) is 0 Å². The van der Waals surface area contributed by atoms with Gasteiger partial charge in [0.25, 0.3) is 5.89 Å². The normalized spacial score (nSPS) is 15.8. The average molecular weight is 278 g/mol. The highest BCUT2D eigenvalue weighted by molar-refractivity contribution is 5.65. The number of nitrogens with zero attached hydrogens (tertiary/aromatic N) is 3. The van der Waals surface area contributed by atoms with Crippen molar-refractivity contribution < 1.29 is 4.52 Å². The van der Waals surface area contributed by atoms with E-state index in [0.29, 0.717) is 23.1 Å². The van der Waals surface area contributed by atoms with E-state index in [4.69, 9.17) is 10.3 Å². The van der Waals surface area contributed by atoms with E-state index in [1.165, 1.54) is 5.56 Å². The van der Waals surface area contributed by atoms with Crippen molar-refractivity contribution in [3.8, 4) is 11.6 Å². The summed E-state index contributed by atoms with van der Waals surface area (Å²) in [6.07, 6.45) is 3.74. The van der Waals surface area contributed by atoms with Gasteiger partial charge in [0.05, 0.1) is 11.1 Å². The number of hydrogen-bond donors (Lipinski definition) is 1. The molecule has 1 aromatic carbocycles. The average Bonchev–Trinajstić information content (AvgIpc) is 3.20. The van der Waals surface area contributed by atoms with Crippen molar-refractivity contribution in [1.82, 2.24) is 15.1 Å². The summed E-state index contributed by atoms with van der Waals surface area (Å²) in [6, 6.07) is 13.9. The first-order valence-corrected chi connectivity index (χ1v) is 6.90. The fraction of sp³-hybridized carbons (Fsp3) is 0.188. The number of pyridine rings is 1. The maximum absolute atomic E-state index is 5.91. The van der Waals surface area contributed by atoms with Crippen molar-refractivity contribution in [2.24, 2.45) is 0 Å². The van der Waals surface area contributed by atoms with Crippen LogP contribution in [-0.4, -0.2) is 15.1 Å². The lowest BCUT2D eigenvalue weighted by molar-refractivity contribution is 0.417. The molecule has 2 heterocycles. The van der Waals surface area contributed by atoms with Crippen molar-refractivity contribution in [3.05, 3.63) is 60.0 Å². The lowest BCUT2D eigenvalue weighted by Gasteiger charge is -2.09. The van der Waals surface area contributed by atoms with Crippen molar-refractivity contribution in [2.75, 3.05) is 5.73 Å². The Labute approximate surface area is 121 Å². The number of hydrogen-bond acceptors (Lipinski definition) is 5. The highest BCUT2D eigenvalue weighted by atomic mass is 16.5. The molecule has 104 valence electrons. The zero-order valence-corrected chi connectivity index (χ0v) is 11.4. The van der Waals surface area contributed by atoms with E-state index < -0.39 is 0 Å². The molecule has 1 saturated carbocycles. The molecule has 0 bridgehead atoms. The van der Waals surface area contributed by atoms with Crippen molar-refractivity contribution in [3.63, 3.8) is 0 Å². The van der Waals surface area contributed by atoms with E-state index in [9.17, 15) is 0 Å². The van der Waals surface area contributed by atoms with Gasteiger partial charge < -0.3 is 10.3 Å². The Balaban J connectivity index is 1.74. The molecule has 1 aliphatic rings. The molecule has 0 saturated heterocycles. The van der Waals surface area contributed by atoms with Gasteiger partial charge in [0.15, 0.2) is 11.5 Å². The van der Waals surface area contributed by atoms with Crippen LogP contribution in [0.5, 0.6) is 0 Å². The first kappa shape index (κ1) is 12.1. The van der Waals surface area contributed by atoms with Gasteiger partial charge in [-0.2, -0.15) is 4.98 Å². The molecule has 3 aromatic rings. The molecule has 2 N–H and O–H groups in total. The van der Waals surface area contributed by atoms with Crippen LogP contribution < -0.4 is 5.73 Å². The van der Waals surface area contributed by atoms with Gasteiger partial charge in [0.1, 0.15) is 0 Å². The SMILES string of the molecule is Nc1cccnc1-c1nc(C2(c3ccccc3)CC2)no1. The predicted molar refractivity (Wildman–Crippen MR) is 78.4 cm³/mol. The predicted octanol–water partition coefficient (Wildman–Crippen LogP) is 2.79. The third-order valence-electron chi connectivity index (χ3n) is 3.97. The topological polar surface area (TPSA) is 77.8 Å². The minimum Gasteiger partial charge on any atom is -0.397 e. The Morgan fingerprint density at radius 1 is 1.05 bits per heavy atom. The van der Waals surface area contributed by atoms with Gasteiger partial charge in [-0.1, -0.05) is 35.5 Å². The molecule has 0 aliphatic heterocycles. The van der Waals surface area contributed by atoms with Crippen LogP contribution in [0.4, 0.5) is 5.69 Å². The van der Waals surface area contributed by atoms with Gasteiger partial charge in [-0.3, -0.25) is 0 Å². The van der Waals surface area contributed by atoms with Gasteiger partial charge in [-0.25, -0.2) is 4.98 Å². The van der Waals surface area contributed by atoms with Crippen LogP contribution in [0.25, 0.3) is 11.6 Å². The Bertz CT molecular complexity index is 778. The van der Waals surface area contributed by atoms with E-state index in [0.717, 1.165) is 12.8 Å². The maximum Gasteiger partial charge on any atom is 0.278 e. The third-order valence-corrected chi connectivity index (χ3v) is 3.97.